The van der Waals surface area contributed by atoms with E-state index in [0.29, 0.717) is 28.5 Å². The second-order valence-corrected chi connectivity index (χ2v) is 4.53. The highest BCUT2D eigenvalue weighted by Gasteiger charge is 2.18. The van der Waals surface area contributed by atoms with Gasteiger partial charge >= 0.3 is 0 Å². The Morgan fingerprint density at radius 1 is 1.19 bits per heavy atom. The van der Waals surface area contributed by atoms with E-state index in [2.05, 4.69) is 10.6 Å². The average Bonchev–Trinajstić information content (AvgIpc) is 2.44. The Morgan fingerprint density at radius 3 is 2.76 bits per heavy atom. The van der Waals surface area contributed by atoms with Gasteiger partial charge in [0, 0.05) is 17.8 Å². The SMILES string of the molecule is Nc1cc2c(cc1Nc1ccc(F)c(F)c1)NC(=O)CO2. The quantitative estimate of drug-likeness (QED) is 0.743. The molecule has 0 saturated carbocycles. The van der Waals surface area contributed by atoms with Crippen molar-refractivity contribution < 1.29 is 18.3 Å². The van der Waals surface area contributed by atoms with Gasteiger partial charge < -0.3 is 21.1 Å². The summed E-state index contributed by atoms with van der Waals surface area (Å²) in [5, 5.41) is 5.51. The lowest BCUT2D eigenvalue weighted by Gasteiger charge is -2.20. The maximum Gasteiger partial charge on any atom is 0.262 e. The van der Waals surface area contributed by atoms with Crippen LogP contribution in [0.2, 0.25) is 0 Å². The summed E-state index contributed by atoms with van der Waals surface area (Å²) in [6, 6.07) is 6.53. The highest BCUT2D eigenvalue weighted by Crippen LogP contribution is 2.36. The lowest BCUT2D eigenvalue weighted by molar-refractivity contribution is -0.118. The second-order valence-electron chi connectivity index (χ2n) is 4.53. The molecule has 7 heteroatoms. The molecule has 0 unspecified atom stereocenters. The predicted octanol–water partition coefficient (Wildman–Crippen LogP) is 2.62. The third-order valence-corrected chi connectivity index (χ3v) is 2.98. The smallest absolute Gasteiger partial charge is 0.262 e. The maximum atomic E-state index is 13.2. The summed E-state index contributed by atoms with van der Waals surface area (Å²) < 4.78 is 31.3. The molecule has 3 rings (SSSR count). The molecule has 4 N–H and O–H groups in total. The van der Waals surface area contributed by atoms with Crippen LogP contribution in [0.4, 0.5) is 31.5 Å². The van der Waals surface area contributed by atoms with Crippen LogP contribution in [0, 0.1) is 11.6 Å². The number of carbonyl (C=O) groups is 1. The first kappa shape index (κ1) is 13.2. The van der Waals surface area contributed by atoms with Crippen LogP contribution in [0.25, 0.3) is 0 Å². The Labute approximate surface area is 118 Å². The minimum atomic E-state index is -0.965. The molecule has 0 aliphatic carbocycles. The van der Waals surface area contributed by atoms with E-state index >= 15 is 0 Å². The fourth-order valence-electron chi connectivity index (χ4n) is 1.98. The number of carbonyl (C=O) groups excluding carboxylic acids is 1. The van der Waals surface area contributed by atoms with Gasteiger partial charge in [-0.15, -0.1) is 0 Å². The van der Waals surface area contributed by atoms with Crippen molar-refractivity contribution in [2.75, 3.05) is 23.0 Å². The molecular weight excluding hydrogens is 280 g/mol. The summed E-state index contributed by atoms with van der Waals surface area (Å²) in [5.74, 6) is -1.71. The first-order valence-electron chi connectivity index (χ1n) is 6.11. The zero-order chi connectivity index (χ0) is 15.0. The van der Waals surface area contributed by atoms with E-state index in [1.807, 2.05) is 0 Å². The summed E-state index contributed by atoms with van der Waals surface area (Å²) in [6.45, 7) is -0.0671. The van der Waals surface area contributed by atoms with Gasteiger partial charge in [0.05, 0.1) is 17.1 Å². The van der Waals surface area contributed by atoms with E-state index in [9.17, 15) is 13.6 Å². The van der Waals surface area contributed by atoms with Crippen molar-refractivity contribution in [2.45, 2.75) is 0 Å². The average molecular weight is 291 g/mol. The minimum Gasteiger partial charge on any atom is -0.482 e. The van der Waals surface area contributed by atoms with Crippen LogP contribution in [0.15, 0.2) is 30.3 Å². The second kappa shape index (κ2) is 4.93. The third-order valence-electron chi connectivity index (χ3n) is 2.98. The maximum absolute atomic E-state index is 13.2. The molecule has 0 fully saturated rings. The van der Waals surface area contributed by atoms with Crippen LogP contribution in [0.5, 0.6) is 5.75 Å². The third kappa shape index (κ3) is 2.58. The normalized spacial score (nSPS) is 13.1. The largest absolute Gasteiger partial charge is 0.482 e. The number of nitrogen functional groups attached to an aromatic ring is 1. The van der Waals surface area contributed by atoms with Crippen molar-refractivity contribution in [2.24, 2.45) is 0 Å². The van der Waals surface area contributed by atoms with Gasteiger partial charge in [-0.3, -0.25) is 4.79 Å². The highest BCUT2D eigenvalue weighted by molar-refractivity contribution is 5.97. The number of hydrogen-bond donors (Lipinski definition) is 3. The van der Waals surface area contributed by atoms with E-state index in [-0.39, 0.29) is 12.5 Å². The molecule has 1 amide bonds. The topological polar surface area (TPSA) is 76.4 Å². The number of halogens is 2. The number of benzene rings is 2. The van der Waals surface area contributed by atoms with Gasteiger partial charge in [-0.05, 0) is 18.2 Å². The van der Waals surface area contributed by atoms with Crippen molar-refractivity contribution in [1.29, 1.82) is 0 Å². The monoisotopic (exact) mass is 291 g/mol. The standard InChI is InChI=1S/C14H11F2N3O2/c15-8-2-1-7(3-9(8)16)18-11-5-12-13(4-10(11)17)21-6-14(20)19-12/h1-5,18H,6,17H2,(H,19,20). The van der Waals surface area contributed by atoms with Gasteiger partial charge in [-0.1, -0.05) is 0 Å². The van der Waals surface area contributed by atoms with Crippen molar-refractivity contribution in [3.63, 3.8) is 0 Å². The fourth-order valence-corrected chi connectivity index (χ4v) is 1.98. The number of anilines is 4. The Kier molecular flexibility index (Phi) is 3.09. The summed E-state index contributed by atoms with van der Waals surface area (Å²) >= 11 is 0. The molecule has 2 aromatic carbocycles. The summed E-state index contributed by atoms with van der Waals surface area (Å²) in [5.41, 5.74) is 7.48. The lowest BCUT2D eigenvalue weighted by Crippen LogP contribution is -2.25. The van der Waals surface area contributed by atoms with Gasteiger partial charge in [-0.25, -0.2) is 8.78 Å². The zero-order valence-electron chi connectivity index (χ0n) is 10.7. The van der Waals surface area contributed by atoms with Crippen LogP contribution in [0.3, 0.4) is 0 Å². The van der Waals surface area contributed by atoms with Crippen LogP contribution < -0.4 is 21.1 Å². The molecule has 0 spiro atoms. The molecule has 5 nitrogen and oxygen atoms in total. The Hall–Kier alpha value is -2.83. The van der Waals surface area contributed by atoms with Gasteiger partial charge in [0.25, 0.3) is 5.91 Å². The van der Waals surface area contributed by atoms with Crippen LogP contribution in [-0.4, -0.2) is 12.5 Å². The summed E-state index contributed by atoms with van der Waals surface area (Å²) in [7, 11) is 0. The minimum absolute atomic E-state index is 0.0671. The zero-order valence-corrected chi connectivity index (χ0v) is 10.7. The van der Waals surface area contributed by atoms with Crippen LogP contribution >= 0.6 is 0 Å². The van der Waals surface area contributed by atoms with E-state index in [0.717, 1.165) is 12.1 Å². The molecule has 1 aliphatic heterocycles. The molecule has 2 aromatic rings. The molecule has 0 aromatic heterocycles. The molecule has 21 heavy (non-hydrogen) atoms. The molecule has 1 aliphatic rings. The van der Waals surface area contributed by atoms with Gasteiger partial charge in [0.2, 0.25) is 0 Å². The van der Waals surface area contributed by atoms with Gasteiger partial charge in [0.15, 0.2) is 18.2 Å². The number of fused-ring (bicyclic) bond motifs is 1. The van der Waals surface area contributed by atoms with Gasteiger partial charge in [0.1, 0.15) is 5.75 Å². The first-order chi connectivity index (χ1) is 10.0. The van der Waals surface area contributed by atoms with Crippen LogP contribution in [-0.2, 0) is 4.79 Å². The number of ether oxygens (including phenoxy) is 1. The van der Waals surface area contributed by atoms with Crippen molar-refractivity contribution in [3.8, 4) is 5.75 Å². The van der Waals surface area contributed by atoms with Crippen molar-refractivity contribution >= 4 is 28.7 Å². The predicted molar refractivity (Wildman–Crippen MR) is 74.6 cm³/mol. The molecule has 0 radical (unpaired) electrons. The van der Waals surface area contributed by atoms with Crippen molar-refractivity contribution in [1.82, 2.24) is 0 Å². The number of nitrogens with one attached hydrogen (secondary N) is 2. The number of rotatable bonds is 2. The van der Waals surface area contributed by atoms with Gasteiger partial charge in [-0.2, -0.15) is 0 Å². The Balaban J connectivity index is 1.93. The molecule has 0 saturated heterocycles. The van der Waals surface area contributed by atoms with Crippen molar-refractivity contribution in [3.05, 3.63) is 42.0 Å². The summed E-state index contributed by atoms with van der Waals surface area (Å²) in [6.07, 6.45) is 0. The first-order valence-corrected chi connectivity index (χ1v) is 6.11. The molecule has 108 valence electrons. The van der Waals surface area contributed by atoms with E-state index in [1.165, 1.54) is 6.07 Å². The molecular formula is C14H11F2N3O2. The van der Waals surface area contributed by atoms with E-state index < -0.39 is 11.6 Å². The molecule has 0 bridgehead atoms. The summed E-state index contributed by atoms with van der Waals surface area (Å²) in [4.78, 5) is 11.3. The number of hydrogen-bond acceptors (Lipinski definition) is 4. The number of nitrogens with two attached hydrogens (primary N) is 1. The highest BCUT2D eigenvalue weighted by atomic mass is 19.2. The molecule has 1 heterocycles. The van der Waals surface area contributed by atoms with Crippen LogP contribution in [0.1, 0.15) is 0 Å². The van der Waals surface area contributed by atoms with E-state index in [1.54, 1.807) is 12.1 Å². The fraction of sp³-hybridized carbons (Fsp3) is 0.0714. The van der Waals surface area contributed by atoms with E-state index in [4.69, 9.17) is 10.5 Å². The number of amides is 1. The Morgan fingerprint density at radius 2 is 2.00 bits per heavy atom. The molecule has 0 atom stereocenters. The Bertz CT molecular complexity index is 734. The lowest BCUT2D eigenvalue weighted by atomic mass is 10.2.